The Bertz CT molecular complexity index is 704. The molecule has 0 N–H and O–H groups in total. The van der Waals surface area contributed by atoms with Crippen LogP contribution >= 0.6 is 11.6 Å². The maximum Gasteiger partial charge on any atom is 0.243 e. The fourth-order valence-electron chi connectivity index (χ4n) is 3.18. The summed E-state index contributed by atoms with van der Waals surface area (Å²) in [7, 11) is -3.63. The lowest BCUT2D eigenvalue weighted by atomic mass is 9.98. The summed E-state index contributed by atoms with van der Waals surface area (Å²) in [6.45, 7) is 2.91. The fraction of sp³-hybridized carbons (Fsp3) is 0.562. The second-order valence-corrected chi connectivity index (χ2v) is 8.47. The van der Waals surface area contributed by atoms with Crippen molar-refractivity contribution in [3.8, 4) is 0 Å². The molecule has 1 aromatic rings. The molecule has 1 amide bonds. The van der Waals surface area contributed by atoms with E-state index in [0.29, 0.717) is 44.3 Å². The quantitative estimate of drug-likeness (QED) is 0.808. The molecular formula is C16H21ClN2O4S. The lowest BCUT2D eigenvalue weighted by molar-refractivity contribution is -0.140. The summed E-state index contributed by atoms with van der Waals surface area (Å²) < 4.78 is 32.3. The molecule has 2 aliphatic heterocycles. The molecular weight excluding hydrogens is 352 g/mol. The minimum atomic E-state index is -3.63. The Morgan fingerprint density at radius 1 is 1.21 bits per heavy atom. The largest absolute Gasteiger partial charge is 0.378 e. The highest BCUT2D eigenvalue weighted by Gasteiger charge is 2.35. The van der Waals surface area contributed by atoms with Gasteiger partial charge in [0, 0.05) is 31.2 Å². The summed E-state index contributed by atoms with van der Waals surface area (Å²) in [6, 6.07) is 6.25. The lowest BCUT2D eigenvalue weighted by Gasteiger charge is -2.35. The number of amides is 1. The van der Waals surface area contributed by atoms with Crippen molar-refractivity contribution in [1.82, 2.24) is 9.21 Å². The van der Waals surface area contributed by atoms with Crippen molar-refractivity contribution in [1.29, 1.82) is 0 Å². The molecule has 132 valence electrons. The number of morpholine rings is 1. The van der Waals surface area contributed by atoms with Gasteiger partial charge in [0.2, 0.25) is 15.9 Å². The van der Waals surface area contributed by atoms with Crippen LogP contribution in [0.5, 0.6) is 0 Å². The van der Waals surface area contributed by atoms with Crippen LogP contribution in [0.4, 0.5) is 0 Å². The van der Waals surface area contributed by atoms with Crippen LogP contribution in [0.2, 0.25) is 5.02 Å². The summed E-state index contributed by atoms with van der Waals surface area (Å²) in [5, 5.41) is 0.383. The highest BCUT2D eigenvalue weighted by atomic mass is 35.5. The number of benzene rings is 1. The summed E-state index contributed by atoms with van der Waals surface area (Å²) in [5.74, 6) is -0.255. The number of halogens is 1. The van der Waals surface area contributed by atoms with Gasteiger partial charge in [0.1, 0.15) is 0 Å². The van der Waals surface area contributed by atoms with E-state index in [1.807, 2.05) is 0 Å². The Kier molecular flexibility index (Phi) is 5.44. The highest BCUT2D eigenvalue weighted by molar-refractivity contribution is 7.89. The first-order chi connectivity index (χ1) is 11.5. The smallest absolute Gasteiger partial charge is 0.243 e. The van der Waals surface area contributed by atoms with Crippen LogP contribution in [0, 0.1) is 5.92 Å². The molecule has 2 fully saturated rings. The van der Waals surface area contributed by atoms with Gasteiger partial charge in [0.15, 0.2) is 0 Å². The first-order valence-corrected chi connectivity index (χ1v) is 9.92. The van der Waals surface area contributed by atoms with Crippen LogP contribution in [0.1, 0.15) is 12.8 Å². The maximum absolute atomic E-state index is 12.8. The lowest BCUT2D eigenvalue weighted by Crippen LogP contribution is -2.49. The molecule has 0 spiro atoms. The van der Waals surface area contributed by atoms with Gasteiger partial charge >= 0.3 is 0 Å². The molecule has 6 nitrogen and oxygen atoms in total. The summed E-state index contributed by atoms with van der Waals surface area (Å²) in [6.07, 6.45) is 1.40. The topological polar surface area (TPSA) is 66.9 Å². The molecule has 1 atom stereocenters. The molecule has 2 heterocycles. The monoisotopic (exact) mass is 372 g/mol. The average molecular weight is 373 g/mol. The molecule has 0 aromatic heterocycles. The van der Waals surface area contributed by atoms with Gasteiger partial charge in [-0.25, -0.2) is 8.42 Å². The van der Waals surface area contributed by atoms with Crippen molar-refractivity contribution >= 4 is 27.5 Å². The SMILES string of the molecule is O=C(C1CCCN(S(=O)(=O)c2cccc(Cl)c2)C1)N1CCOCC1. The van der Waals surface area contributed by atoms with Crippen molar-refractivity contribution in [2.75, 3.05) is 39.4 Å². The number of carbonyl (C=O) groups is 1. The van der Waals surface area contributed by atoms with Crippen LogP contribution in [0.3, 0.4) is 0 Å². The molecule has 0 aliphatic carbocycles. The standard InChI is InChI=1S/C16H21ClN2O4S/c17-14-4-1-5-15(11-14)24(21,22)19-6-2-3-13(12-19)16(20)18-7-9-23-10-8-18/h1,4-5,11,13H,2-3,6-10,12H2. The Balaban J connectivity index is 1.74. The maximum atomic E-state index is 12.8. The third-order valence-electron chi connectivity index (χ3n) is 4.49. The number of nitrogens with zero attached hydrogens (tertiary/aromatic N) is 2. The molecule has 8 heteroatoms. The van der Waals surface area contributed by atoms with Crippen molar-refractivity contribution < 1.29 is 17.9 Å². The second kappa shape index (κ2) is 7.39. The normalized spacial score (nSPS) is 23.2. The zero-order valence-corrected chi connectivity index (χ0v) is 14.9. The van der Waals surface area contributed by atoms with E-state index in [1.54, 1.807) is 17.0 Å². The Hall–Kier alpha value is -1.15. The summed E-state index contributed by atoms with van der Waals surface area (Å²) in [5.41, 5.74) is 0. The van der Waals surface area contributed by atoms with Gasteiger partial charge in [-0.05, 0) is 31.0 Å². The van der Waals surface area contributed by atoms with E-state index < -0.39 is 10.0 Å². The van der Waals surface area contributed by atoms with E-state index in [9.17, 15) is 13.2 Å². The molecule has 2 aliphatic rings. The third kappa shape index (κ3) is 3.74. The first-order valence-electron chi connectivity index (χ1n) is 8.11. The van der Waals surface area contributed by atoms with Crippen molar-refractivity contribution in [2.24, 2.45) is 5.92 Å². The number of piperidine rings is 1. The minimum Gasteiger partial charge on any atom is -0.378 e. The average Bonchev–Trinajstić information content (AvgIpc) is 2.62. The highest BCUT2D eigenvalue weighted by Crippen LogP contribution is 2.26. The van der Waals surface area contributed by atoms with E-state index in [-0.39, 0.29) is 23.3 Å². The Morgan fingerprint density at radius 2 is 1.96 bits per heavy atom. The molecule has 1 unspecified atom stereocenters. The van der Waals surface area contributed by atoms with Gasteiger partial charge in [-0.15, -0.1) is 0 Å². The summed E-state index contributed by atoms with van der Waals surface area (Å²) in [4.78, 5) is 14.6. The van der Waals surface area contributed by atoms with Gasteiger partial charge in [0.25, 0.3) is 0 Å². The predicted octanol–water partition coefficient (Wildman–Crippen LogP) is 1.60. The first kappa shape index (κ1) is 17.7. The van der Waals surface area contributed by atoms with Crippen molar-refractivity contribution in [2.45, 2.75) is 17.7 Å². The molecule has 0 bridgehead atoms. The second-order valence-electron chi connectivity index (χ2n) is 6.10. The van der Waals surface area contributed by atoms with Gasteiger partial charge < -0.3 is 9.64 Å². The number of rotatable bonds is 3. The zero-order valence-electron chi connectivity index (χ0n) is 13.4. The third-order valence-corrected chi connectivity index (χ3v) is 6.59. The van der Waals surface area contributed by atoms with Gasteiger partial charge in [-0.1, -0.05) is 17.7 Å². The van der Waals surface area contributed by atoms with Gasteiger partial charge in [0.05, 0.1) is 24.0 Å². The van der Waals surface area contributed by atoms with Crippen LogP contribution in [-0.4, -0.2) is 62.9 Å². The summed E-state index contributed by atoms with van der Waals surface area (Å²) >= 11 is 5.91. The molecule has 0 saturated carbocycles. The van der Waals surface area contributed by atoms with Crippen molar-refractivity contribution in [3.05, 3.63) is 29.3 Å². The van der Waals surface area contributed by atoms with Crippen LogP contribution in [0.25, 0.3) is 0 Å². The predicted molar refractivity (Wildman–Crippen MR) is 90.3 cm³/mol. The van der Waals surface area contributed by atoms with Crippen LogP contribution in [-0.2, 0) is 19.6 Å². The molecule has 1 aromatic carbocycles. The number of carbonyl (C=O) groups excluding carboxylic acids is 1. The van der Waals surface area contributed by atoms with E-state index in [0.717, 1.165) is 6.42 Å². The van der Waals surface area contributed by atoms with Gasteiger partial charge in [-0.2, -0.15) is 4.31 Å². The zero-order chi connectivity index (χ0) is 17.2. The Morgan fingerprint density at radius 3 is 2.67 bits per heavy atom. The van der Waals surface area contributed by atoms with E-state index in [2.05, 4.69) is 0 Å². The molecule has 0 radical (unpaired) electrons. The van der Waals surface area contributed by atoms with Crippen molar-refractivity contribution in [3.63, 3.8) is 0 Å². The Labute approximate surface area is 147 Å². The van der Waals surface area contributed by atoms with Crippen LogP contribution < -0.4 is 0 Å². The van der Waals surface area contributed by atoms with E-state index in [4.69, 9.17) is 16.3 Å². The van der Waals surface area contributed by atoms with E-state index in [1.165, 1.54) is 16.4 Å². The number of hydrogen-bond acceptors (Lipinski definition) is 4. The minimum absolute atomic E-state index is 0.0318. The number of sulfonamides is 1. The van der Waals surface area contributed by atoms with Crippen LogP contribution in [0.15, 0.2) is 29.2 Å². The van der Waals surface area contributed by atoms with Gasteiger partial charge in [-0.3, -0.25) is 4.79 Å². The molecule has 2 saturated heterocycles. The molecule has 3 rings (SSSR count). The number of hydrogen-bond donors (Lipinski definition) is 0. The molecule has 24 heavy (non-hydrogen) atoms. The number of ether oxygens (including phenoxy) is 1. The van der Waals surface area contributed by atoms with E-state index >= 15 is 0 Å². The fourth-order valence-corrected chi connectivity index (χ4v) is 5.01.